The van der Waals surface area contributed by atoms with E-state index in [1.165, 1.54) is 12.1 Å². The number of aryl methyl sites for hydroxylation is 1. The molecule has 3 aromatic carbocycles. The van der Waals surface area contributed by atoms with E-state index in [1.54, 1.807) is 6.07 Å². The zero-order chi connectivity index (χ0) is 15.7. The maximum atomic E-state index is 12.6. The van der Waals surface area contributed by atoms with Crippen LogP contribution >= 0.6 is 0 Å². The highest BCUT2D eigenvalue weighted by atomic mass is 19.4. The first kappa shape index (κ1) is 14.4. The van der Waals surface area contributed by atoms with Gasteiger partial charge in [0.2, 0.25) is 0 Å². The van der Waals surface area contributed by atoms with E-state index in [0.717, 1.165) is 28.5 Å². The number of benzene rings is 3. The quantitative estimate of drug-likeness (QED) is 0.567. The lowest BCUT2D eigenvalue weighted by molar-refractivity contribution is -0.137. The Hall–Kier alpha value is -2.49. The van der Waals surface area contributed by atoms with Gasteiger partial charge in [-0.1, -0.05) is 35.9 Å². The minimum absolute atomic E-state index is 0.376. The maximum Gasteiger partial charge on any atom is 0.416 e. The van der Waals surface area contributed by atoms with E-state index >= 15 is 0 Å². The van der Waals surface area contributed by atoms with Gasteiger partial charge in [-0.2, -0.15) is 13.2 Å². The summed E-state index contributed by atoms with van der Waals surface area (Å²) in [7, 11) is 0. The van der Waals surface area contributed by atoms with Gasteiger partial charge < -0.3 is 4.74 Å². The second-order valence-electron chi connectivity index (χ2n) is 5.10. The number of fused-ring (bicyclic) bond motifs is 1. The second-order valence-corrected chi connectivity index (χ2v) is 5.10. The highest BCUT2D eigenvalue weighted by Crippen LogP contribution is 2.33. The molecule has 22 heavy (non-hydrogen) atoms. The number of rotatable bonds is 2. The molecule has 3 rings (SSSR count). The fraction of sp³-hybridized carbons (Fsp3) is 0.111. The summed E-state index contributed by atoms with van der Waals surface area (Å²) in [5.74, 6) is 0.998. The fourth-order valence-corrected chi connectivity index (χ4v) is 2.30. The lowest BCUT2D eigenvalue weighted by Crippen LogP contribution is -2.03. The molecule has 0 N–H and O–H groups in total. The normalized spacial score (nSPS) is 11.6. The third-order valence-corrected chi connectivity index (χ3v) is 3.41. The molecule has 0 spiro atoms. The number of halogens is 3. The maximum absolute atomic E-state index is 12.6. The zero-order valence-electron chi connectivity index (χ0n) is 11.8. The Kier molecular flexibility index (Phi) is 3.53. The molecule has 0 atom stereocenters. The van der Waals surface area contributed by atoms with Gasteiger partial charge in [0, 0.05) is 5.39 Å². The zero-order valence-corrected chi connectivity index (χ0v) is 11.8. The van der Waals surface area contributed by atoms with Crippen molar-refractivity contribution in [1.82, 2.24) is 0 Å². The highest BCUT2D eigenvalue weighted by molar-refractivity contribution is 5.89. The van der Waals surface area contributed by atoms with Crippen molar-refractivity contribution in [3.8, 4) is 11.5 Å². The summed E-state index contributed by atoms with van der Waals surface area (Å²) in [6, 6.07) is 16.3. The Morgan fingerprint density at radius 3 is 2.27 bits per heavy atom. The van der Waals surface area contributed by atoms with Crippen LogP contribution in [0, 0.1) is 6.92 Å². The molecule has 0 saturated heterocycles. The summed E-state index contributed by atoms with van der Waals surface area (Å²) in [6.07, 6.45) is -4.34. The number of ether oxygens (including phenoxy) is 1. The summed E-state index contributed by atoms with van der Waals surface area (Å²) >= 11 is 0. The summed E-state index contributed by atoms with van der Waals surface area (Å²) in [4.78, 5) is 0. The van der Waals surface area contributed by atoms with Crippen molar-refractivity contribution in [1.29, 1.82) is 0 Å². The summed E-state index contributed by atoms with van der Waals surface area (Å²) in [6.45, 7) is 2.00. The van der Waals surface area contributed by atoms with E-state index < -0.39 is 11.7 Å². The largest absolute Gasteiger partial charge is 0.457 e. The Morgan fingerprint density at radius 1 is 0.864 bits per heavy atom. The molecule has 0 saturated carbocycles. The molecule has 0 aliphatic carbocycles. The molecular weight excluding hydrogens is 289 g/mol. The fourth-order valence-electron chi connectivity index (χ4n) is 2.30. The molecule has 0 amide bonds. The molecule has 0 fully saturated rings. The van der Waals surface area contributed by atoms with Gasteiger partial charge in [0.05, 0.1) is 5.56 Å². The molecule has 4 heteroatoms. The standard InChI is InChI=1S/C18H13F3O/c1-12-5-10-16-13(11-12)3-2-4-17(16)22-15-8-6-14(7-9-15)18(19,20)21/h2-11H,1H3. The van der Waals surface area contributed by atoms with Gasteiger partial charge in [-0.3, -0.25) is 0 Å². The topological polar surface area (TPSA) is 9.23 Å². The minimum Gasteiger partial charge on any atom is -0.457 e. The van der Waals surface area contributed by atoms with Crippen molar-refractivity contribution in [3.63, 3.8) is 0 Å². The van der Waals surface area contributed by atoms with E-state index in [-0.39, 0.29) is 0 Å². The molecule has 0 aromatic heterocycles. The van der Waals surface area contributed by atoms with Crippen LogP contribution in [-0.2, 0) is 6.18 Å². The van der Waals surface area contributed by atoms with Crippen LogP contribution in [0.25, 0.3) is 10.8 Å². The van der Waals surface area contributed by atoms with Crippen molar-refractivity contribution in [3.05, 3.63) is 71.8 Å². The summed E-state index contributed by atoms with van der Waals surface area (Å²) in [5.41, 5.74) is 0.451. The van der Waals surface area contributed by atoms with Crippen LogP contribution in [0.4, 0.5) is 13.2 Å². The third kappa shape index (κ3) is 2.91. The van der Waals surface area contributed by atoms with E-state index in [4.69, 9.17) is 4.74 Å². The third-order valence-electron chi connectivity index (χ3n) is 3.41. The molecule has 0 bridgehead atoms. The minimum atomic E-state index is -4.34. The first-order chi connectivity index (χ1) is 10.4. The van der Waals surface area contributed by atoms with Gasteiger partial charge in [0.1, 0.15) is 11.5 Å². The number of hydrogen-bond donors (Lipinski definition) is 0. The first-order valence-corrected chi connectivity index (χ1v) is 6.78. The lowest BCUT2D eigenvalue weighted by atomic mass is 10.1. The molecule has 0 aliphatic rings. The molecule has 0 aliphatic heterocycles. The average molecular weight is 302 g/mol. The number of alkyl halides is 3. The Balaban J connectivity index is 1.93. The van der Waals surface area contributed by atoms with Gasteiger partial charge in [-0.25, -0.2) is 0 Å². The van der Waals surface area contributed by atoms with Gasteiger partial charge >= 0.3 is 6.18 Å². The molecule has 112 valence electrons. The van der Waals surface area contributed by atoms with E-state index in [2.05, 4.69) is 0 Å². The molecule has 0 heterocycles. The first-order valence-electron chi connectivity index (χ1n) is 6.78. The highest BCUT2D eigenvalue weighted by Gasteiger charge is 2.30. The molecule has 0 radical (unpaired) electrons. The van der Waals surface area contributed by atoms with Crippen LogP contribution in [0.1, 0.15) is 11.1 Å². The van der Waals surface area contributed by atoms with Gasteiger partial charge in [-0.05, 0) is 42.6 Å². The van der Waals surface area contributed by atoms with Crippen LogP contribution in [0.3, 0.4) is 0 Å². The summed E-state index contributed by atoms with van der Waals surface area (Å²) < 4.78 is 43.4. The average Bonchev–Trinajstić information content (AvgIpc) is 2.47. The predicted octanol–water partition coefficient (Wildman–Crippen LogP) is 5.96. The SMILES string of the molecule is Cc1ccc2c(Oc3ccc(C(F)(F)F)cc3)cccc2c1. The summed E-state index contributed by atoms with van der Waals surface area (Å²) in [5, 5.41) is 1.96. The molecule has 0 unspecified atom stereocenters. The van der Waals surface area contributed by atoms with Crippen LogP contribution in [-0.4, -0.2) is 0 Å². The van der Waals surface area contributed by atoms with Crippen molar-refractivity contribution in [2.75, 3.05) is 0 Å². The van der Waals surface area contributed by atoms with Gasteiger partial charge in [-0.15, -0.1) is 0 Å². The Labute approximate surface area is 126 Å². The van der Waals surface area contributed by atoms with Crippen LogP contribution < -0.4 is 4.74 Å². The van der Waals surface area contributed by atoms with E-state index in [1.807, 2.05) is 37.3 Å². The van der Waals surface area contributed by atoms with Gasteiger partial charge in [0.15, 0.2) is 0 Å². The Morgan fingerprint density at radius 2 is 1.59 bits per heavy atom. The van der Waals surface area contributed by atoms with Crippen molar-refractivity contribution >= 4 is 10.8 Å². The van der Waals surface area contributed by atoms with Crippen molar-refractivity contribution in [2.24, 2.45) is 0 Å². The van der Waals surface area contributed by atoms with E-state index in [9.17, 15) is 13.2 Å². The predicted molar refractivity (Wildman–Crippen MR) is 80.2 cm³/mol. The second kappa shape index (κ2) is 5.37. The molecule has 1 nitrogen and oxygen atoms in total. The molecule has 3 aromatic rings. The van der Waals surface area contributed by atoms with Crippen molar-refractivity contribution in [2.45, 2.75) is 13.1 Å². The Bertz CT molecular complexity index is 805. The van der Waals surface area contributed by atoms with E-state index in [0.29, 0.717) is 11.5 Å². The van der Waals surface area contributed by atoms with Crippen LogP contribution in [0.5, 0.6) is 11.5 Å². The van der Waals surface area contributed by atoms with Crippen LogP contribution in [0.15, 0.2) is 60.7 Å². The smallest absolute Gasteiger partial charge is 0.416 e. The van der Waals surface area contributed by atoms with Gasteiger partial charge in [0.25, 0.3) is 0 Å². The van der Waals surface area contributed by atoms with Crippen molar-refractivity contribution < 1.29 is 17.9 Å². The van der Waals surface area contributed by atoms with Crippen LogP contribution in [0.2, 0.25) is 0 Å². The number of hydrogen-bond acceptors (Lipinski definition) is 1. The monoisotopic (exact) mass is 302 g/mol. The lowest BCUT2D eigenvalue weighted by Gasteiger charge is -2.11. The molecular formula is C18H13F3O.